The van der Waals surface area contributed by atoms with Crippen molar-refractivity contribution in [3.8, 4) is 17.0 Å². The third-order valence-corrected chi connectivity index (χ3v) is 2.89. The number of aromatic nitrogens is 2. The minimum atomic E-state index is -0.248. The average molecular weight is 256 g/mol. The van der Waals surface area contributed by atoms with Gasteiger partial charge in [-0.25, -0.2) is 9.37 Å². The van der Waals surface area contributed by atoms with E-state index in [1.54, 1.807) is 12.1 Å². The Morgan fingerprint density at radius 1 is 1.21 bits per heavy atom. The van der Waals surface area contributed by atoms with Crippen LogP contribution in [-0.2, 0) is 0 Å². The van der Waals surface area contributed by atoms with Gasteiger partial charge in [0.2, 0.25) is 0 Å². The number of rotatable bonds is 3. The topological polar surface area (TPSA) is 26.5 Å². The first-order valence-electron chi connectivity index (χ1n) is 6.14. The first-order valence-corrected chi connectivity index (χ1v) is 6.14. The van der Waals surface area contributed by atoms with Crippen molar-refractivity contribution in [1.29, 1.82) is 0 Å². The Kier molecular flexibility index (Phi) is 2.91. The minimum Gasteiger partial charge on any atom is -0.490 e. The number of ether oxygens (including phenoxy) is 1. The molecule has 0 N–H and O–H groups in total. The van der Waals surface area contributed by atoms with Gasteiger partial charge >= 0.3 is 0 Å². The number of halogens is 1. The van der Waals surface area contributed by atoms with Crippen molar-refractivity contribution >= 4 is 5.65 Å². The number of pyridine rings is 1. The summed E-state index contributed by atoms with van der Waals surface area (Å²) in [6, 6.07) is 10.1. The van der Waals surface area contributed by atoms with Crippen molar-refractivity contribution in [3.63, 3.8) is 0 Å². The maximum Gasteiger partial charge on any atom is 0.180 e. The number of hydrogen-bond donors (Lipinski definition) is 0. The van der Waals surface area contributed by atoms with Crippen LogP contribution in [0.15, 0.2) is 48.8 Å². The second kappa shape index (κ2) is 4.72. The van der Waals surface area contributed by atoms with Gasteiger partial charge in [-0.2, -0.15) is 0 Å². The van der Waals surface area contributed by atoms with E-state index in [2.05, 4.69) is 4.98 Å². The number of benzene rings is 1. The van der Waals surface area contributed by atoms with Crippen LogP contribution < -0.4 is 4.74 Å². The monoisotopic (exact) mass is 256 g/mol. The van der Waals surface area contributed by atoms with Crippen LogP contribution in [0, 0.1) is 5.82 Å². The molecule has 0 atom stereocenters. The summed E-state index contributed by atoms with van der Waals surface area (Å²) in [6.45, 7) is 2.53. The Hall–Kier alpha value is -2.36. The largest absolute Gasteiger partial charge is 0.490 e. The third-order valence-electron chi connectivity index (χ3n) is 2.89. The molecule has 0 bridgehead atoms. The van der Waals surface area contributed by atoms with Gasteiger partial charge in [-0.05, 0) is 43.3 Å². The lowest BCUT2D eigenvalue weighted by atomic mass is 10.2. The highest BCUT2D eigenvalue weighted by atomic mass is 19.1. The highest BCUT2D eigenvalue weighted by molar-refractivity contribution is 5.65. The van der Waals surface area contributed by atoms with Crippen LogP contribution in [0.5, 0.6) is 5.75 Å². The Morgan fingerprint density at radius 2 is 2.00 bits per heavy atom. The molecule has 2 heterocycles. The van der Waals surface area contributed by atoms with Crippen LogP contribution >= 0.6 is 0 Å². The zero-order valence-electron chi connectivity index (χ0n) is 10.5. The van der Waals surface area contributed by atoms with Gasteiger partial charge in [0.05, 0.1) is 12.3 Å². The summed E-state index contributed by atoms with van der Waals surface area (Å²) in [6.07, 6.45) is 3.82. The summed E-state index contributed by atoms with van der Waals surface area (Å²) in [5, 5.41) is 0. The highest BCUT2D eigenvalue weighted by Crippen LogP contribution is 2.24. The Morgan fingerprint density at radius 3 is 2.74 bits per heavy atom. The second-order valence-corrected chi connectivity index (χ2v) is 4.17. The van der Waals surface area contributed by atoms with E-state index in [9.17, 15) is 4.39 Å². The number of imidazole rings is 1. The van der Waals surface area contributed by atoms with E-state index >= 15 is 0 Å². The fraction of sp³-hybridized carbons (Fsp3) is 0.133. The summed E-state index contributed by atoms with van der Waals surface area (Å²) in [5.74, 6) is 0.501. The third kappa shape index (κ3) is 2.17. The molecule has 3 nitrogen and oxygen atoms in total. The fourth-order valence-corrected chi connectivity index (χ4v) is 2.02. The van der Waals surface area contributed by atoms with Crippen LogP contribution in [0.3, 0.4) is 0 Å². The van der Waals surface area contributed by atoms with Crippen LogP contribution in [0.25, 0.3) is 16.9 Å². The molecule has 4 heteroatoms. The maximum atomic E-state index is 12.9. The number of nitrogens with zero attached hydrogens (tertiary/aromatic N) is 2. The molecule has 0 aliphatic carbocycles. The van der Waals surface area contributed by atoms with E-state index in [1.165, 1.54) is 12.1 Å². The quantitative estimate of drug-likeness (QED) is 0.716. The van der Waals surface area contributed by atoms with E-state index in [0.29, 0.717) is 6.61 Å². The molecule has 3 rings (SSSR count). The smallest absolute Gasteiger partial charge is 0.180 e. The molecule has 0 fully saturated rings. The molecule has 3 aromatic rings. The van der Waals surface area contributed by atoms with Gasteiger partial charge in [0.1, 0.15) is 5.82 Å². The zero-order valence-corrected chi connectivity index (χ0v) is 10.5. The predicted octanol–water partition coefficient (Wildman–Crippen LogP) is 3.54. The van der Waals surface area contributed by atoms with Crippen LogP contribution in [0.2, 0.25) is 0 Å². The SMILES string of the molecule is CCOc1cccn2cc(-c3ccc(F)cc3)nc12. The Labute approximate surface area is 110 Å². The normalized spacial score (nSPS) is 10.8. The summed E-state index contributed by atoms with van der Waals surface area (Å²) in [5.41, 5.74) is 2.45. The molecule has 0 radical (unpaired) electrons. The van der Waals surface area contributed by atoms with Crippen LogP contribution in [0.1, 0.15) is 6.92 Å². The molecular formula is C15H13FN2O. The zero-order chi connectivity index (χ0) is 13.2. The van der Waals surface area contributed by atoms with Crippen molar-refractivity contribution < 1.29 is 9.13 Å². The van der Waals surface area contributed by atoms with E-state index in [1.807, 2.05) is 35.9 Å². The van der Waals surface area contributed by atoms with E-state index < -0.39 is 0 Å². The van der Waals surface area contributed by atoms with E-state index in [0.717, 1.165) is 22.7 Å². The van der Waals surface area contributed by atoms with Gasteiger partial charge in [-0.15, -0.1) is 0 Å². The number of hydrogen-bond acceptors (Lipinski definition) is 2. The molecule has 0 unspecified atom stereocenters. The van der Waals surface area contributed by atoms with Crippen molar-refractivity contribution in [3.05, 3.63) is 54.6 Å². The maximum absolute atomic E-state index is 12.9. The first kappa shape index (κ1) is 11.7. The first-order chi connectivity index (χ1) is 9.28. The van der Waals surface area contributed by atoms with Gasteiger partial charge < -0.3 is 9.14 Å². The van der Waals surface area contributed by atoms with E-state index in [4.69, 9.17) is 4.74 Å². The van der Waals surface area contributed by atoms with E-state index in [-0.39, 0.29) is 5.82 Å². The van der Waals surface area contributed by atoms with Crippen molar-refractivity contribution in [2.45, 2.75) is 6.92 Å². The number of fused-ring (bicyclic) bond motifs is 1. The molecule has 0 saturated carbocycles. The summed E-state index contributed by atoms with van der Waals surface area (Å²) in [4.78, 5) is 4.55. The van der Waals surface area contributed by atoms with Crippen molar-refractivity contribution in [2.75, 3.05) is 6.61 Å². The lowest BCUT2D eigenvalue weighted by Crippen LogP contribution is -1.94. The molecular weight excluding hydrogens is 243 g/mol. The predicted molar refractivity (Wildman–Crippen MR) is 71.8 cm³/mol. The minimum absolute atomic E-state index is 0.248. The lowest BCUT2D eigenvalue weighted by Gasteiger charge is -2.03. The Bertz CT molecular complexity index is 704. The molecule has 0 amide bonds. The van der Waals surface area contributed by atoms with Crippen molar-refractivity contribution in [1.82, 2.24) is 9.38 Å². The summed E-state index contributed by atoms with van der Waals surface area (Å²) < 4.78 is 20.4. The molecule has 19 heavy (non-hydrogen) atoms. The lowest BCUT2D eigenvalue weighted by molar-refractivity contribution is 0.342. The molecule has 2 aromatic heterocycles. The molecule has 96 valence electrons. The molecule has 0 aliphatic heterocycles. The molecule has 0 spiro atoms. The standard InChI is InChI=1S/C15H13FN2O/c1-2-19-14-4-3-9-18-10-13(17-15(14)18)11-5-7-12(16)8-6-11/h3-10H,2H2,1H3. The van der Waals surface area contributed by atoms with Crippen LogP contribution in [-0.4, -0.2) is 16.0 Å². The molecule has 1 aromatic carbocycles. The van der Waals surface area contributed by atoms with Gasteiger partial charge in [-0.3, -0.25) is 0 Å². The van der Waals surface area contributed by atoms with Gasteiger partial charge in [0.15, 0.2) is 11.4 Å². The highest BCUT2D eigenvalue weighted by Gasteiger charge is 2.08. The summed E-state index contributed by atoms with van der Waals surface area (Å²) in [7, 11) is 0. The van der Waals surface area contributed by atoms with Crippen LogP contribution in [0.4, 0.5) is 4.39 Å². The molecule has 0 saturated heterocycles. The fourth-order valence-electron chi connectivity index (χ4n) is 2.02. The Balaban J connectivity index is 2.11. The van der Waals surface area contributed by atoms with Gasteiger partial charge in [-0.1, -0.05) is 0 Å². The van der Waals surface area contributed by atoms with Gasteiger partial charge in [0.25, 0.3) is 0 Å². The van der Waals surface area contributed by atoms with Gasteiger partial charge in [0, 0.05) is 18.0 Å². The average Bonchev–Trinajstić information content (AvgIpc) is 2.85. The second-order valence-electron chi connectivity index (χ2n) is 4.17. The molecule has 0 aliphatic rings. The summed E-state index contributed by atoms with van der Waals surface area (Å²) >= 11 is 0. The van der Waals surface area contributed by atoms with Crippen molar-refractivity contribution in [2.24, 2.45) is 0 Å².